The predicted octanol–water partition coefficient (Wildman–Crippen LogP) is 1.80. The fourth-order valence-electron chi connectivity index (χ4n) is 3.95. The molecule has 5 nitrogen and oxygen atoms in total. The van der Waals surface area contributed by atoms with E-state index in [1.54, 1.807) is 0 Å². The second-order valence-electron chi connectivity index (χ2n) is 7.60. The Balaban J connectivity index is 1.35. The van der Waals surface area contributed by atoms with Gasteiger partial charge in [-0.05, 0) is 52.0 Å². The van der Waals surface area contributed by atoms with Gasteiger partial charge in [-0.25, -0.2) is 0 Å². The Morgan fingerprint density at radius 3 is 2.52 bits per heavy atom. The Morgan fingerprint density at radius 2 is 1.88 bits per heavy atom. The molecule has 1 amide bonds. The Labute approximate surface area is 152 Å². The van der Waals surface area contributed by atoms with Crippen molar-refractivity contribution in [3.05, 3.63) is 30.3 Å². The van der Waals surface area contributed by atoms with Crippen molar-refractivity contribution >= 4 is 11.6 Å². The monoisotopic (exact) mass is 344 g/mol. The minimum atomic E-state index is 0.205. The van der Waals surface area contributed by atoms with Gasteiger partial charge in [0.05, 0.1) is 0 Å². The van der Waals surface area contributed by atoms with E-state index < -0.39 is 0 Å². The van der Waals surface area contributed by atoms with E-state index in [1.807, 2.05) is 0 Å². The third kappa shape index (κ3) is 5.19. The summed E-state index contributed by atoms with van der Waals surface area (Å²) in [5.41, 5.74) is 1.29. The average molecular weight is 345 g/mol. The van der Waals surface area contributed by atoms with Gasteiger partial charge in [0.1, 0.15) is 0 Å². The molecule has 1 aromatic rings. The number of rotatable bonds is 6. The molecule has 0 radical (unpaired) electrons. The molecule has 2 heterocycles. The lowest BCUT2D eigenvalue weighted by atomic mass is 10.0. The Morgan fingerprint density at radius 1 is 1.16 bits per heavy atom. The highest BCUT2D eigenvalue weighted by Crippen LogP contribution is 2.19. The summed E-state index contributed by atoms with van der Waals surface area (Å²) in [7, 11) is 4.32. The van der Waals surface area contributed by atoms with Gasteiger partial charge >= 0.3 is 0 Å². The number of piperidine rings is 1. The lowest BCUT2D eigenvalue weighted by Crippen LogP contribution is -2.45. The molecule has 0 unspecified atom stereocenters. The standard InChI is InChI=1S/C20H32N4O/c1-22-12-10-19(16-22)23(2)13-11-20(25)21-17-8-14-24(15-9-17)18-6-4-3-5-7-18/h3-7,17,19H,8-16H2,1-2H3,(H,21,25)/t19-/m0/s1. The zero-order chi connectivity index (χ0) is 17.6. The number of hydrogen-bond acceptors (Lipinski definition) is 4. The Bertz CT molecular complexity index is 542. The van der Waals surface area contributed by atoms with Crippen molar-refractivity contribution in [1.82, 2.24) is 15.1 Å². The number of hydrogen-bond donors (Lipinski definition) is 1. The molecule has 2 aliphatic heterocycles. The molecule has 1 aromatic carbocycles. The SMILES string of the molecule is CN1CC[C@H](N(C)CCC(=O)NC2CCN(c3ccccc3)CC2)C1. The second-order valence-corrected chi connectivity index (χ2v) is 7.60. The van der Waals surface area contributed by atoms with Crippen LogP contribution < -0.4 is 10.2 Å². The van der Waals surface area contributed by atoms with Gasteiger partial charge in [-0.2, -0.15) is 0 Å². The molecule has 0 aromatic heterocycles. The summed E-state index contributed by atoms with van der Waals surface area (Å²) in [4.78, 5) is 19.4. The zero-order valence-corrected chi connectivity index (χ0v) is 15.7. The third-order valence-corrected chi connectivity index (χ3v) is 5.66. The molecule has 1 N–H and O–H groups in total. The second kappa shape index (κ2) is 8.68. The van der Waals surface area contributed by atoms with Crippen molar-refractivity contribution in [2.75, 3.05) is 51.7 Å². The number of carbonyl (C=O) groups excluding carboxylic acids is 1. The summed E-state index contributed by atoms with van der Waals surface area (Å²) in [6.45, 7) is 5.18. The van der Waals surface area contributed by atoms with Gasteiger partial charge in [0.25, 0.3) is 0 Å². The molecule has 0 spiro atoms. The number of nitrogens with zero attached hydrogens (tertiary/aromatic N) is 3. The number of carbonyl (C=O) groups is 1. The van der Waals surface area contributed by atoms with Crippen molar-refractivity contribution in [3.8, 4) is 0 Å². The molecule has 5 heteroatoms. The van der Waals surface area contributed by atoms with Gasteiger partial charge in [0, 0.05) is 50.4 Å². The van der Waals surface area contributed by atoms with Crippen LogP contribution in [0.2, 0.25) is 0 Å². The number of para-hydroxylation sites is 1. The van der Waals surface area contributed by atoms with E-state index in [9.17, 15) is 4.79 Å². The Hall–Kier alpha value is -1.59. The molecule has 2 saturated heterocycles. The number of likely N-dealkylation sites (tertiary alicyclic amines) is 1. The van der Waals surface area contributed by atoms with Gasteiger partial charge in [-0.15, -0.1) is 0 Å². The molecule has 138 valence electrons. The zero-order valence-electron chi connectivity index (χ0n) is 15.7. The quantitative estimate of drug-likeness (QED) is 0.854. The highest BCUT2D eigenvalue weighted by atomic mass is 16.1. The van der Waals surface area contributed by atoms with Crippen LogP contribution in [-0.4, -0.2) is 74.6 Å². The van der Waals surface area contributed by atoms with Crippen LogP contribution in [0.3, 0.4) is 0 Å². The van der Waals surface area contributed by atoms with E-state index in [4.69, 9.17) is 0 Å². The van der Waals surface area contributed by atoms with Gasteiger partial charge in [0.15, 0.2) is 0 Å². The van der Waals surface area contributed by atoms with Crippen LogP contribution in [0.4, 0.5) is 5.69 Å². The van der Waals surface area contributed by atoms with Gasteiger partial charge in [-0.1, -0.05) is 18.2 Å². The highest BCUT2D eigenvalue weighted by molar-refractivity contribution is 5.76. The van der Waals surface area contributed by atoms with Crippen LogP contribution in [0.15, 0.2) is 30.3 Å². The largest absolute Gasteiger partial charge is 0.371 e. The maximum absolute atomic E-state index is 12.3. The maximum atomic E-state index is 12.3. The lowest BCUT2D eigenvalue weighted by molar-refractivity contribution is -0.122. The summed E-state index contributed by atoms with van der Waals surface area (Å²) < 4.78 is 0. The molecule has 0 bridgehead atoms. The first-order chi connectivity index (χ1) is 12.1. The molecule has 2 fully saturated rings. The Kier molecular flexibility index (Phi) is 6.32. The summed E-state index contributed by atoms with van der Waals surface area (Å²) in [5, 5.41) is 3.24. The van der Waals surface area contributed by atoms with Crippen LogP contribution in [0.25, 0.3) is 0 Å². The summed E-state index contributed by atoms with van der Waals surface area (Å²) in [6.07, 6.45) is 3.88. The number of amides is 1. The maximum Gasteiger partial charge on any atom is 0.221 e. The minimum Gasteiger partial charge on any atom is -0.371 e. The van der Waals surface area contributed by atoms with Gasteiger partial charge in [0.2, 0.25) is 5.91 Å². The van der Waals surface area contributed by atoms with Gasteiger partial charge in [-0.3, -0.25) is 4.79 Å². The number of benzene rings is 1. The topological polar surface area (TPSA) is 38.8 Å². The fraction of sp³-hybridized carbons (Fsp3) is 0.650. The van der Waals surface area contributed by atoms with Crippen LogP contribution in [0.1, 0.15) is 25.7 Å². The molecular formula is C20H32N4O. The van der Waals surface area contributed by atoms with E-state index in [1.165, 1.54) is 18.7 Å². The number of likely N-dealkylation sites (N-methyl/N-ethyl adjacent to an activating group) is 2. The van der Waals surface area contributed by atoms with E-state index in [-0.39, 0.29) is 5.91 Å². The molecule has 3 rings (SSSR count). The smallest absolute Gasteiger partial charge is 0.221 e. The van der Waals surface area contributed by atoms with Crippen molar-refractivity contribution in [1.29, 1.82) is 0 Å². The first kappa shape index (κ1) is 18.2. The molecule has 2 aliphatic rings. The molecule has 25 heavy (non-hydrogen) atoms. The first-order valence-electron chi connectivity index (χ1n) is 9.60. The van der Waals surface area contributed by atoms with Crippen LogP contribution in [-0.2, 0) is 4.79 Å². The number of anilines is 1. The normalized spacial score (nSPS) is 22.5. The van der Waals surface area contributed by atoms with Gasteiger partial charge < -0.3 is 20.0 Å². The lowest BCUT2D eigenvalue weighted by Gasteiger charge is -2.34. The van der Waals surface area contributed by atoms with E-state index in [2.05, 4.69) is 64.4 Å². The molecule has 0 saturated carbocycles. The highest BCUT2D eigenvalue weighted by Gasteiger charge is 2.24. The number of nitrogens with one attached hydrogen (secondary N) is 1. The fourth-order valence-corrected chi connectivity index (χ4v) is 3.95. The minimum absolute atomic E-state index is 0.205. The summed E-state index contributed by atoms with van der Waals surface area (Å²) in [6, 6.07) is 11.5. The average Bonchev–Trinajstić information content (AvgIpc) is 3.08. The van der Waals surface area contributed by atoms with Crippen molar-refractivity contribution in [2.45, 2.75) is 37.8 Å². The van der Waals surface area contributed by atoms with Crippen molar-refractivity contribution in [2.24, 2.45) is 0 Å². The predicted molar refractivity (Wildman–Crippen MR) is 103 cm³/mol. The summed E-state index contributed by atoms with van der Waals surface area (Å²) in [5.74, 6) is 0.205. The van der Waals surface area contributed by atoms with Crippen molar-refractivity contribution in [3.63, 3.8) is 0 Å². The van der Waals surface area contributed by atoms with Crippen molar-refractivity contribution < 1.29 is 4.79 Å². The third-order valence-electron chi connectivity index (χ3n) is 5.66. The van der Waals surface area contributed by atoms with Crippen LogP contribution >= 0.6 is 0 Å². The molecule has 1 atom stereocenters. The molecular weight excluding hydrogens is 312 g/mol. The summed E-state index contributed by atoms with van der Waals surface area (Å²) >= 11 is 0. The van der Waals surface area contributed by atoms with Crippen LogP contribution in [0, 0.1) is 0 Å². The van der Waals surface area contributed by atoms with E-state index >= 15 is 0 Å². The first-order valence-corrected chi connectivity index (χ1v) is 9.60. The van der Waals surface area contributed by atoms with E-state index in [0.717, 1.165) is 39.0 Å². The van der Waals surface area contributed by atoms with E-state index in [0.29, 0.717) is 18.5 Å². The molecule has 0 aliphatic carbocycles. The van der Waals surface area contributed by atoms with Crippen LogP contribution in [0.5, 0.6) is 0 Å².